The van der Waals surface area contributed by atoms with Gasteiger partial charge >= 0.3 is 0 Å². The Balaban J connectivity index is 1.77. The average Bonchev–Trinajstić information content (AvgIpc) is 3.29. The SMILES string of the molecule is C[C@H]1Cc2cc(C(O)=C3C(=O)C(=O)N(CCCN(C)C)[C@@H]3c3ccc(N(C)C)cc3)ccc2O1. The van der Waals surface area contributed by atoms with Crippen LogP contribution in [0.4, 0.5) is 5.69 Å². The van der Waals surface area contributed by atoms with E-state index in [0.29, 0.717) is 12.1 Å². The molecule has 34 heavy (non-hydrogen) atoms. The standard InChI is InChI=1S/C27H33N3O4/c1-17-15-20-16-19(9-12-22(20)34-17)25(31)23-24(18-7-10-21(11-8-18)29(4)5)30(27(33)26(23)32)14-6-13-28(2)3/h7-12,16-17,24,31H,6,13-15H2,1-5H3/t17-,24+/m0/s1. The van der Waals surface area contributed by atoms with E-state index in [1.165, 1.54) is 0 Å². The number of hydrogen-bond acceptors (Lipinski definition) is 6. The summed E-state index contributed by atoms with van der Waals surface area (Å²) in [5.74, 6) is -0.559. The van der Waals surface area contributed by atoms with Crippen LogP contribution in [0.15, 0.2) is 48.0 Å². The van der Waals surface area contributed by atoms with Crippen molar-refractivity contribution in [3.8, 4) is 5.75 Å². The number of carbonyl (C=O) groups excluding carboxylic acids is 2. The van der Waals surface area contributed by atoms with Crippen LogP contribution in [-0.4, -0.2) is 74.0 Å². The summed E-state index contributed by atoms with van der Waals surface area (Å²) in [6, 6.07) is 12.6. The lowest BCUT2D eigenvalue weighted by Crippen LogP contribution is -2.32. The summed E-state index contributed by atoms with van der Waals surface area (Å²) in [5, 5.41) is 11.3. The fourth-order valence-corrected chi connectivity index (χ4v) is 4.69. The zero-order valence-corrected chi connectivity index (χ0v) is 20.5. The van der Waals surface area contributed by atoms with E-state index in [0.717, 1.165) is 42.0 Å². The van der Waals surface area contributed by atoms with Crippen LogP contribution in [0.3, 0.4) is 0 Å². The molecular formula is C27H33N3O4. The third kappa shape index (κ3) is 4.53. The summed E-state index contributed by atoms with van der Waals surface area (Å²) < 4.78 is 5.77. The van der Waals surface area contributed by atoms with Gasteiger partial charge in [0.05, 0.1) is 11.6 Å². The molecule has 0 radical (unpaired) electrons. The van der Waals surface area contributed by atoms with Gasteiger partial charge in [-0.25, -0.2) is 0 Å². The minimum Gasteiger partial charge on any atom is -0.507 e. The van der Waals surface area contributed by atoms with Crippen molar-refractivity contribution in [3.63, 3.8) is 0 Å². The first kappa shape index (κ1) is 23.8. The quantitative estimate of drug-likeness (QED) is 0.385. The van der Waals surface area contributed by atoms with Gasteiger partial charge in [-0.15, -0.1) is 0 Å². The highest BCUT2D eigenvalue weighted by molar-refractivity contribution is 6.46. The second-order valence-corrected chi connectivity index (χ2v) is 9.59. The molecule has 2 aliphatic heterocycles. The molecule has 180 valence electrons. The van der Waals surface area contributed by atoms with Crippen LogP contribution in [0, 0.1) is 0 Å². The molecule has 0 aliphatic carbocycles. The van der Waals surface area contributed by atoms with E-state index in [4.69, 9.17) is 4.74 Å². The molecule has 2 aromatic rings. The van der Waals surface area contributed by atoms with Crippen LogP contribution < -0.4 is 9.64 Å². The van der Waals surface area contributed by atoms with Crippen molar-refractivity contribution < 1.29 is 19.4 Å². The lowest BCUT2D eigenvalue weighted by Gasteiger charge is -2.26. The first-order valence-corrected chi connectivity index (χ1v) is 11.7. The minimum atomic E-state index is -0.644. The van der Waals surface area contributed by atoms with E-state index in [9.17, 15) is 14.7 Å². The molecule has 1 N–H and O–H groups in total. The van der Waals surface area contributed by atoms with Crippen molar-refractivity contribution in [2.75, 3.05) is 46.2 Å². The van der Waals surface area contributed by atoms with Crippen LogP contribution in [0.25, 0.3) is 5.76 Å². The fraction of sp³-hybridized carbons (Fsp3) is 0.407. The van der Waals surface area contributed by atoms with Gasteiger partial charge in [0.2, 0.25) is 0 Å². The topological polar surface area (TPSA) is 73.3 Å². The number of ketones is 1. The highest BCUT2D eigenvalue weighted by Gasteiger charge is 2.45. The highest BCUT2D eigenvalue weighted by atomic mass is 16.5. The molecule has 0 spiro atoms. The van der Waals surface area contributed by atoms with Gasteiger partial charge in [0.15, 0.2) is 0 Å². The maximum Gasteiger partial charge on any atom is 0.295 e. The highest BCUT2D eigenvalue weighted by Crippen LogP contribution is 2.41. The second-order valence-electron chi connectivity index (χ2n) is 9.59. The maximum absolute atomic E-state index is 13.2. The molecule has 2 atom stereocenters. The summed E-state index contributed by atoms with van der Waals surface area (Å²) in [7, 11) is 7.87. The zero-order valence-electron chi connectivity index (χ0n) is 20.5. The molecule has 2 heterocycles. The van der Waals surface area contributed by atoms with Gasteiger partial charge in [0, 0.05) is 38.3 Å². The molecule has 0 bridgehead atoms. The van der Waals surface area contributed by atoms with Crippen molar-refractivity contribution in [3.05, 3.63) is 64.7 Å². The first-order chi connectivity index (χ1) is 16.2. The van der Waals surface area contributed by atoms with Crippen molar-refractivity contribution in [1.82, 2.24) is 9.80 Å². The number of carbonyl (C=O) groups is 2. The molecular weight excluding hydrogens is 430 g/mol. The van der Waals surface area contributed by atoms with Crippen LogP contribution >= 0.6 is 0 Å². The number of nitrogens with zero attached hydrogens (tertiary/aromatic N) is 3. The van der Waals surface area contributed by atoms with Crippen LogP contribution in [0.2, 0.25) is 0 Å². The Labute approximate surface area is 201 Å². The molecule has 0 unspecified atom stereocenters. The van der Waals surface area contributed by atoms with Gasteiger partial charge in [0.1, 0.15) is 17.6 Å². The summed E-state index contributed by atoms with van der Waals surface area (Å²) in [5.41, 5.74) is 3.47. The van der Waals surface area contributed by atoms with E-state index in [2.05, 4.69) is 0 Å². The monoisotopic (exact) mass is 463 g/mol. The Morgan fingerprint density at radius 1 is 1.09 bits per heavy atom. The normalized spacial score (nSPS) is 21.2. The number of likely N-dealkylation sites (tertiary alicyclic amines) is 1. The van der Waals surface area contributed by atoms with Gasteiger partial charge in [0.25, 0.3) is 11.7 Å². The lowest BCUT2D eigenvalue weighted by atomic mass is 9.94. The van der Waals surface area contributed by atoms with Gasteiger partial charge in [-0.2, -0.15) is 0 Å². The average molecular weight is 464 g/mol. The smallest absolute Gasteiger partial charge is 0.295 e. The predicted molar refractivity (Wildman–Crippen MR) is 133 cm³/mol. The number of rotatable bonds is 7. The molecule has 2 aliphatic rings. The van der Waals surface area contributed by atoms with Gasteiger partial charge in [-0.1, -0.05) is 12.1 Å². The summed E-state index contributed by atoms with van der Waals surface area (Å²) in [6.07, 6.45) is 1.54. The number of Topliss-reactive ketones (excluding diaryl/α,β-unsaturated/α-hetero) is 1. The Morgan fingerprint density at radius 3 is 2.44 bits per heavy atom. The van der Waals surface area contributed by atoms with Gasteiger partial charge < -0.3 is 24.5 Å². The Kier molecular flexibility index (Phi) is 6.66. The first-order valence-electron chi connectivity index (χ1n) is 11.7. The molecule has 7 heteroatoms. The molecule has 0 saturated carbocycles. The Morgan fingerprint density at radius 2 is 1.79 bits per heavy atom. The van der Waals surface area contributed by atoms with Gasteiger partial charge in [-0.3, -0.25) is 9.59 Å². The number of aliphatic hydroxyl groups is 1. The molecule has 1 amide bonds. The minimum absolute atomic E-state index is 0.0740. The van der Waals surface area contributed by atoms with E-state index >= 15 is 0 Å². The summed E-state index contributed by atoms with van der Waals surface area (Å²) in [6.45, 7) is 3.21. The molecule has 1 saturated heterocycles. The zero-order chi connectivity index (χ0) is 24.6. The number of hydrogen-bond donors (Lipinski definition) is 1. The Bertz CT molecular complexity index is 1120. The van der Waals surface area contributed by atoms with Crippen LogP contribution in [-0.2, 0) is 16.0 Å². The lowest BCUT2D eigenvalue weighted by molar-refractivity contribution is -0.139. The fourth-order valence-electron chi connectivity index (χ4n) is 4.69. The van der Waals surface area contributed by atoms with Crippen LogP contribution in [0.5, 0.6) is 5.75 Å². The molecule has 2 aromatic carbocycles. The number of anilines is 1. The number of aliphatic hydroxyl groups excluding tert-OH is 1. The van der Waals surface area contributed by atoms with E-state index in [1.807, 2.05) is 81.3 Å². The predicted octanol–water partition coefficient (Wildman–Crippen LogP) is 3.45. The molecule has 7 nitrogen and oxygen atoms in total. The van der Waals surface area contributed by atoms with Gasteiger partial charge in [-0.05, 0) is 75.4 Å². The second kappa shape index (κ2) is 9.50. The summed E-state index contributed by atoms with van der Waals surface area (Å²) >= 11 is 0. The molecule has 4 rings (SSSR count). The molecule has 0 aromatic heterocycles. The maximum atomic E-state index is 13.2. The van der Waals surface area contributed by atoms with Crippen molar-refractivity contribution in [2.45, 2.75) is 31.9 Å². The third-order valence-electron chi connectivity index (χ3n) is 6.44. The van der Waals surface area contributed by atoms with Crippen molar-refractivity contribution in [1.29, 1.82) is 0 Å². The number of amides is 1. The van der Waals surface area contributed by atoms with E-state index in [1.54, 1.807) is 11.0 Å². The third-order valence-corrected chi connectivity index (χ3v) is 6.44. The van der Waals surface area contributed by atoms with Crippen molar-refractivity contribution in [2.24, 2.45) is 0 Å². The number of fused-ring (bicyclic) bond motifs is 1. The Hall–Kier alpha value is -3.32. The van der Waals surface area contributed by atoms with E-state index < -0.39 is 17.7 Å². The summed E-state index contributed by atoms with van der Waals surface area (Å²) in [4.78, 5) is 32.0. The number of ether oxygens (including phenoxy) is 1. The van der Waals surface area contributed by atoms with E-state index in [-0.39, 0.29) is 17.4 Å². The van der Waals surface area contributed by atoms with Crippen molar-refractivity contribution >= 4 is 23.1 Å². The van der Waals surface area contributed by atoms with Crippen LogP contribution in [0.1, 0.15) is 36.1 Å². The largest absolute Gasteiger partial charge is 0.507 e. The molecule has 1 fully saturated rings. The number of benzene rings is 2.